The van der Waals surface area contributed by atoms with Crippen LogP contribution in [0.15, 0.2) is 168 Å². The van der Waals surface area contributed by atoms with Gasteiger partial charge in [0.05, 0.1) is 10.6 Å². The lowest BCUT2D eigenvalue weighted by Gasteiger charge is -2.38. The zero-order valence-corrected chi connectivity index (χ0v) is 33.6. The smallest absolute Gasteiger partial charge is 0.124 e. The molecule has 3 aromatic rings. The maximum absolute atomic E-state index is 6.75. The van der Waals surface area contributed by atoms with Crippen LogP contribution in [0.1, 0.15) is 87.7 Å². The Morgan fingerprint density at radius 3 is 2.54 bits per heavy atom. The van der Waals surface area contributed by atoms with Crippen molar-refractivity contribution in [1.29, 1.82) is 0 Å². The van der Waals surface area contributed by atoms with Gasteiger partial charge in [-0.2, -0.15) is 0 Å². The summed E-state index contributed by atoms with van der Waals surface area (Å²) in [5.41, 5.74) is 12.7. The largest absolute Gasteiger partial charge is 0.489 e. The van der Waals surface area contributed by atoms with Crippen molar-refractivity contribution in [3.05, 3.63) is 189 Å². The Hall–Kier alpha value is -5.12. The van der Waals surface area contributed by atoms with Crippen molar-refractivity contribution in [2.75, 3.05) is 4.90 Å². The summed E-state index contributed by atoms with van der Waals surface area (Å²) in [6.45, 7) is 0. The van der Waals surface area contributed by atoms with E-state index in [1.165, 1.54) is 88.8 Å². The zero-order chi connectivity index (χ0) is 37.7. The predicted molar refractivity (Wildman–Crippen MR) is 241 cm³/mol. The molecule has 0 spiro atoms. The molecular formula is C54H51NOS. The van der Waals surface area contributed by atoms with Crippen LogP contribution in [-0.4, -0.2) is 12.1 Å². The fraction of sp³-hybridized carbons (Fsp3) is 0.296. The van der Waals surface area contributed by atoms with E-state index in [-0.39, 0.29) is 12.1 Å². The summed E-state index contributed by atoms with van der Waals surface area (Å²) in [6, 6.07) is 16.9. The van der Waals surface area contributed by atoms with Crippen LogP contribution in [0.25, 0.3) is 27.4 Å². The van der Waals surface area contributed by atoms with Gasteiger partial charge in [0.15, 0.2) is 0 Å². The summed E-state index contributed by atoms with van der Waals surface area (Å²) >= 11 is 2.04. The van der Waals surface area contributed by atoms with E-state index in [0.717, 1.165) is 57.8 Å². The Morgan fingerprint density at radius 2 is 1.68 bits per heavy atom. The second-order valence-corrected chi connectivity index (χ2v) is 18.0. The summed E-state index contributed by atoms with van der Waals surface area (Å²) in [7, 11) is 0. The van der Waals surface area contributed by atoms with Gasteiger partial charge in [0.2, 0.25) is 0 Å². The highest BCUT2D eigenvalue weighted by Crippen LogP contribution is 2.49. The van der Waals surface area contributed by atoms with Gasteiger partial charge in [-0.05, 0) is 133 Å². The number of hydrogen-bond donors (Lipinski definition) is 0. The molecule has 5 unspecified atom stereocenters. The molecule has 0 saturated carbocycles. The number of nitrogens with zero attached hydrogens (tertiary/aromatic N) is 1. The van der Waals surface area contributed by atoms with Crippen molar-refractivity contribution in [2.45, 2.75) is 88.7 Å². The van der Waals surface area contributed by atoms with Crippen molar-refractivity contribution >= 4 is 44.5 Å². The fourth-order valence-corrected chi connectivity index (χ4v) is 12.3. The SMILES string of the molecule is C1=CCCC(C2=CC(C3=CCCC=C3)=CC(N(C3=c4sc5c(C6C=CC=CC6)cccc5c4=CCC3)c3ccc(C4=C5OC6C=CC=CC6C5CCC4)cc3)C2)=C1. The highest BCUT2D eigenvalue weighted by atomic mass is 32.1. The molecule has 1 fully saturated rings. The lowest BCUT2D eigenvalue weighted by Crippen LogP contribution is -2.40. The van der Waals surface area contributed by atoms with Crippen molar-refractivity contribution in [3.8, 4) is 0 Å². The molecule has 2 aromatic carbocycles. The van der Waals surface area contributed by atoms with Gasteiger partial charge in [-0.15, -0.1) is 11.3 Å². The molecule has 1 aliphatic heterocycles. The van der Waals surface area contributed by atoms with E-state index in [2.05, 4.69) is 151 Å². The van der Waals surface area contributed by atoms with Crippen LogP contribution < -0.4 is 14.7 Å². The quantitative estimate of drug-likeness (QED) is 0.238. The normalized spacial score (nSPS) is 27.2. The molecule has 8 aliphatic rings. The van der Waals surface area contributed by atoms with Crippen LogP contribution in [0, 0.1) is 11.8 Å². The Labute approximate surface area is 341 Å². The first-order valence-electron chi connectivity index (χ1n) is 21.6. The molecule has 2 nitrogen and oxygen atoms in total. The number of fused-ring (bicyclic) bond motifs is 6. The Kier molecular flexibility index (Phi) is 9.23. The van der Waals surface area contributed by atoms with E-state index in [0.29, 0.717) is 17.8 Å². The fourth-order valence-electron chi connectivity index (χ4n) is 10.8. The standard InChI is InChI=1S/C54H51NOS/c1-4-15-36(16-5-1)40-33-41(37-17-6-2-7-18-37)35-43(34-40)55(42-31-29-39(30-32-42)44-22-12-24-47-46-21-10-11-28-51(46)56-52(44)47)50-27-14-26-49-48-25-13-23-45(53(48)57-54(49)50)38-19-8-3-9-20-38/h1,3-4,6,8-11,13,15,17-19,21,23,25-26,28-33,35,38,43,46-47,51H,2,5,7,12,14,16,20,22,24,27,34H2. The van der Waals surface area contributed by atoms with Crippen LogP contribution in [0.3, 0.4) is 0 Å². The molecule has 0 N–H and O–H groups in total. The molecule has 5 atom stereocenters. The first kappa shape index (κ1) is 35.1. The predicted octanol–water partition coefficient (Wildman–Crippen LogP) is 12.5. The second-order valence-electron chi connectivity index (χ2n) is 17.0. The van der Waals surface area contributed by atoms with E-state index in [4.69, 9.17) is 4.74 Å². The van der Waals surface area contributed by atoms with Crippen LogP contribution in [0.5, 0.6) is 0 Å². The van der Waals surface area contributed by atoms with Gasteiger partial charge in [-0.3, -0.25) is 0 Å². The third-order valence-corrected chi connectivity index (χ3v) is 14.9. The van der Waals surface area contributed by atoms with Gasteiger partial charge in [-0.25, -0.2) is 0 Å². The van der Waals surface area contributed by atoms with E-state index >= 15 is 0 Å². The molecule has 1 saturated heterocycles. The van der Waals surface area contributed by atoms with E-state index < -0.39 is 0 Å². The van der Waals surface area contributed by atoms with Crippen molar-refractivity contribution < 1.29 is 4.74 Å². The van der Waals surface area contributed by atoms with Crippen LogP contribution in [0.2, 0.25) is 0 Å². The molecule has 0 amide bonds. The van der Waals surface area contributed by atoms with Gasteiger partial charge < -0.3 is 9.64 Å². The summed E-state index contributed by atoms with van der Waals surface area (Å²) in [6.07, 6.45) is 52.3. The number of ether oxygens (including phenoxy) is 1. The van der Waals surface area contributed by atoms with Gasteiger partial charge in [-0.1, -0.05) is 128 Å². The van der Waals surface area contributed by atoms with Gasteiger partial charge in [0.25, 0.3) is 0 Å². The first-order chi connectivity index (χ1) is 28.3. The van der Waals surface area contributed by atoms with E-state index in [1.54, 1.807) is 0 Å². The third kappa shape index (κ3) is 6.39. The molecule has 7 aliphatic carbocycles. The average molecular weight is 762 g/mol. The van der Waals surface area contributed by atoms with E-state index in [9.17, 15) is 0 Å². The highest BCUT2D eigenvalue weighted by molar-refractivity contribution is 7.17. The molecule has 2 heterocycles. The first-order valence-corrected chi connectivity index (χ1v) is 22.5. The molecule has 0 radical (unpaired) electrons. The van der Waals surface area contributed by atoms with Crippen LogP contribution in [0.4, 0.5) is 5.69 Å². The monoisotopic (exact) mass is 761 g/mol. The second kappa shape index (κ2) is 15.0. The number of rotatable bonds is 7. The minimum absolute atomic E-state index is 0.178. The molecular weight excluding hydrogens is 711 g/mol. The Morgan fingerprint density at radius 1 is 0.754 bits per heavy atom. The van der Waals surface area contributed by atoms with Gasteiger partial charge in [0, 0.05) is 39.2 Å². The van der Waals surface area contributed by atoms with Gasteiger partial charge in [0.1, 0.15) is 11.9 Å². The zero-order valence-electron chi connectivity index (χ0n) is 32.8. The highest BCUT2D eigenvalue weighted by Gasteiger charge is 2.42. The Balaban J connectivity index is 1.07. The third-order valence-electron chi connectivity index (χ3n) is 13.6. The molecule has 3 heteroatoms. The summed E-state index contributed by atoms with van der Waals surface area (Å²) in [5, 5.41) is 2.86. The summed E-state index contributed by atoms with van der Waals surface area (Å²) in [4.78, 5) is 2.77. The summed E-state index contributed by atoms with van der Waals surface area (Å²) in [5.74, 6) is 2.63. The molecule has 1 aromatic heterocycles. The molecule has 0 bridgehead atoms. The number of thiophene rings is 1. The van der Waals surface area contributed by atoms with Crippen molar-refractivity contribution in [1.82, 2.24) is 0 Å². The lowest BCUT2D eigenvalue weighted by atomic mass is 9.77. The number of hydrogen-bond acceptors (Lipinski definition) is 3. The topological polar surface area (TPSA) is 12.5 Å². The number of allylic oxidation sites excluding steroid dienone is 18. The number of anilines is 1. The summed E-state index contributed by atoms with van der Waals surface area (Å²) < 4.78 is 9.66. The van der Waals surface area contributed by atoms with Crippen LogP contribution >= 0.6 is 11.3 Å². The minimum atomic E-state index is 0.178. The molecule has 11 rings (SSSR count). The van der Waals surface area contributed by atoms with E-state index in [1.807, 2.05) is 11.3 Å². The van der Waals surface area contributed by atoms with Gasteiger partial charge >= 0.3 is 0 Å². The Bertz CT molecular complexity index is 2610. The minimum Gasteiger partial charge on any atom is -0.489 e. The van der Waals surface area contributed by atoms with Crippen molar-refractivity contribution in [2.24, 2.45) is 11.8 Å². The molecule has 57 heavy (non-hydrogen) atoms. The van der Waals surface area contributed by atoms with Crippen molar-refractivity contribution in [3.63, 3.8) is 0 Å². The lowest BCUT2D eigenvalue weighted by molar-refractivity contribution is 0.185. The van der Waals surface area contributed by atoms with Crippen LogP contribution in [-0.2, 0) is 4.74 Å². The number of benzene rings is 2. The maximum Gasteiger partial charge on any atom is 0.124 e. The maximum atomic E-state index is 6.75. The average Bonchev–Trinajstić information content (AvgIpc) is 3.87. The molecule has 284 valence electrons.